The first-order valence-corrected chi connectivity index (χ1v) is 7.73. The molecule has 4 nitrogen and oxygen atoms in total. The van der Waals surface area contributed by atoms with Gasteiger partial charge in [-0.1, -0.05) is 19.3 Å². The van der Waals surface area contributed by atoms with E-state index in [4.69, 9.17) is 4.74 Å². The first-order valence-electron chi connectivity index (χ1n) is 7.73. The van der Waals surface area contributed by atoms with Crippen molar-refractivity contribution in [3.8, 4) is 0 Å². The Hall–Kier alpha value is -0.610. The van der Waals surface area contributed by atoms with Crippen molar-refractivity contribution < 1.29 is 9.53 Å². The zero-order valence-electron chi connectivity index (χ0n) is 12.4. The van der Waals surface area contributed by atoms with E-state index in [2.05, 4.69) is 10.2 Å². The molecule has 2 atom stereocenters. The first-order chi connectivity index (χ1) is 9.22. The molecule has 1 heterocycles. The van der Waals surface area contributed by atoms with E-state index in [1.54, 1.807) is 0 Å². The molecule has 0 spiro atoms. The summed E-state index contributed by atoms with van der Waals surface area (Å²) < 4.78 is 4.99. The molecule has 0 amide bonds. The minimum absolute atomic E-state index is 0.0930. The second kappa shape index (κ2) is 6.71. The van der Waals surface area contributed by atoms with Crippen molar-refractivity contribution >= 4 is 5.97 Å². The predicted octanol–water partition coefficient (Wildman–Crippen LogP) is 1.94. The number of hydrogen-bond acceptors (Lipinski definition) is 4. The van der Waals surface area contributed by atoms with Crippen molar-refractivity contribution in [3.05, 3.63) is 0 Å². The van der Waals surface area contributed by atoms with E-state index in [0.717, 1.165) is 19.3 Å². The summed E-state index contributed by atoms with van der Waals surface area (Å²) in [6, 6.07) is 0.546. The first kappa shape index (κ1) is 14.8. The van der Waals surface area contributed by atoms with Crippen molar-refractivity contribution in [3.63, 3.8) is 0 Å². The van der Waals surface area contributed by atoms with Gasteiger partial charge in [0.2, 0.25) is 0 Å². The molecule has 0 bridgehead atoms. The Labute approximate surface area is 116 Å². The highest BCUT2D eigenvalue weighted by Crippen LogP contribution is 2.34. The Balaban J connectivity index is 1.97. The van der Waals surface area contributed by atoms with Crippen LogP contribution in [0.4, 0.5) is 0 Å². The molecular weight excluding hydrogens is 240 g/mol. The summed E-state index contributed by atoms with van der Waals surface area (Å²) in [6.45, 7) is 2.40. The van der Waals surface area contributed by atoms with Crippen molar-refractivity contribution in [2.75, 3.05) is 27.2 Å². The van der Waals surface area contributed by atoms with Gasteiger partial charge in [-0.25, -0.2) is 0 Å². The third-order valence-corrected chi connectivity index (χ3v) is 4.95. The summed E-state index contributed by atoms with van der Waals surface area (Å²) in [6.07, 6.45) is 9.63. The van der Waals surface area contributed by atoms with Gasteiger partial charge in [0.05, 0.1) is 7.11 Å². The zero-order chi connectivity index (χ0) is 13.7. The van der Waals surface area contributed by atoms with Gasteiger partial charge in [0, 0.05) is 6.04 Å². The second-order valence-corrected chi connectivity index (χ2v) is 6.02. The fourth-order valence-electron chi connectivity index (χ4n) is 3.68. The number of methoxy groups -OCH3 is 1. The molecule has 1 aliphatic heterocycles. The Morgan fingerprint density at radius 2 is 1.84 bits per heavy atom. The molecule has 110 valence electrons. The Bertz CT molecular complexity index is 301. The maximum atomic E-state index is 12.0. The van der Waals surface area contributed by atoms with Crippen molar-refractivity contribution in [2.24, 2.45) is 0 Å². The molecule has 1 N–H and O–H groups in total. The van der Waals surface area contributed by atoms with Crippen LogP contribution in [0, 0.1) is 0 Å². The molecule has 2 unspecified atom stereocenters. The molecule has 2 aliphatic rings. The lowest BCUT2D eigenvalue weighted by atomic mass is 9.97. The van der Waals surface area contributed by atoms with Crippen LogP contribution in [0.5, 0.6) is 0 Å². The summed E-state index contributed by atoms with van der Waals surface area (Å²) in [5.41, 5.74) is -0.443. The van der Waals surface area contributed by atoms with Crippen LogP contribution in [-0.2, 0) is 9.53 Å². The summed E-state index contributed by atoms with van der Waals surface area (Å²) in [5.74, 6) is -0.0930. The van der Waals surface area contributed by atoms with Crippen LogP contribution < -0.4 is 5.32 Å². The topological polar surface area (TPSA) is 41.6 Å². The fraction of sp³-hybridized carbons (Fsp3) is 0.933. The van der Waals surface area contributed by atoms with Gasteiger partial charge < -0.3 is 15.0 Å². The summed E-state index contributed by atoms with van der Waals surface area (Å²) in [4.78, 5) is 14.6. The zero-order valence-corrected chi connectivity index (χ0v) is 12.4. The number of ether oxygens (including phenoxy) is 1. The van der Waals surface area contributed by atoms with Gasteiger partial charge in [0.25, 0.3) is 0 Å². The molecule has 4 heteroatoms. The number of nitrogens with one attached hydrogen (secondary N) is 1. The van der Waals surface area contributed by atoms with Crippen LogP contribution in [0.3, 0.4) is 0 Å². The van der Waals surface area contributed by atoms with E-state index in [-0.39, 0.29) is 5.97 Å². The van der Waals surface area contributed by atoms with Gasteiger partial charge in [-0.3, -0.25) is 4.79 Å². The van der Waals surface area contributed by atoms with Gasteiger partial charge in [-0.05, 0) is 52.2 Å². The van der Waals surface area contributed by atoms with E-state index < -0.39 is 5.54 Å². The molecular formula is C15H28N2O2. The maximum Gasteiger partial charge on any atom is 0.326 e. The molecule has 1 saturated carbocycles. The summed E-state index contributed by atoms with van der Waals surface area (Å²) in [7, 11) is 3.37. The normalized spacial score (nSPS) is 33.7. The number of carbonyl (C=O) groups is 1. The molecule has 0 aromatic heterocycles. The molecule has 19 heavy (non-hydrogen) atoms. The molecule has 1 saturated heterocycles. The minimum Gasteiger partial charge on any atom is -0.468 e. The van der Waals surface area contributed by atoms with Gasteiger partial charge in [0.15, 0.2) is 0 Å². The minimum atomic E-state index is -0.443. The highest BCUT2D eigenvalue weighted by atomic mass is 16.5. The number of rotatable bonds is 3. The summed E-state index contributed by atoms with van der Waals surface area (Å²) >= 11 is 0. The third kappa shape index (κ3) is 3.29. The predicted molar refractivity (Wildman–Crippen MR) is 76.1 cm³/mol. The van der Waals surface area contributed by atoms with Gasteiger partial charge in [-0.2, -0.15) is 0 Å². The third-order valence-electron chi connectivity index (χ3n) is 4.95. The van der Waals surface area contributed by atoms with Crippen molar-refractivity contribution in [1.82, 2.24) is 10.2 Å². The standard InChI is InChI=1S/C15H28N2O2/c1-16-15(14(18)19-2)9-8-13(12-15)17-10-6-4-3-5-7-11-17/h13,16H,3-12H2,1-2H3. The van der Waals surface area contributed by atoms with E-state index in [0.29, 0.717) is 6.04 Å². The lowest BCUT2D eigenvalue weighted by molar-refractivity contribution is -0.148. The van der Waals surface area contributed by atoms with E-state index in [1.807, 2.05) is 7.05 Å². The second-order valence-electron chi connectivity index (χ2n) is 6.02. The number of nitrogens with zero attached hydrogens (tertiary/aromatic N) is 1. The number of carbonyl (C=O) groups excluding carboxylic acids is 1. The van der Waals surface area contributed by atoms with Crippen LogP contribution in [0.1, 0.15) is 51.4 Å². The van der Waals surface area contributed by atoms with Gasteiger partial charge >= 0.3 is 5.97 Å². The van der Waals surface area contributed by atoms with Crippen LogP contribution in [0.15, 0.2) is 0 Å². The number of likely N-dealkylation sites (tertiary alicyclic amines) is 1. The van der Waals surface area contributed by atoms with Crippen molar-refractivity contribution in [1.29, 1.82) is 0 Å². The molecule has 0 aromatic carbocycles. The van der Waals surface area contributed by atoms with Crippen molar-refractivity contribution in [2.45, 2.75) is 62.9 Å². The van der Waals surface area contributed by atoms with Crippen LogP contribution in [-0.4, -0.2) is 49.7 Å². The quantitative estimate of drug-likeness (QED) is 0.794. The molecule has 0 radical (unpaired) electrons. The highest BCUT2D eigenvalue weighted by molar-refractivity contribution is 5.81. The fourth-order valence-corrected chi connectivity index (χ4v) is 3.68. The van der Waals surface area contributed by atoms with Crippen LogP contribution in [0.2, 0.25) is 0 Å². The van der Waals surface area contributed by atoms with Gasteiger partial charge in [-0.15, -0.1) is 0 Å². The van der Waals surface area contributed by atoms with Crippen LogP contribution >= 0.6 is 0 Å². The average molecular weight is 268 g/mol. The van der Waals surface area contributed by atoms with E-state index in [9.17, 15) is 4.79 Å². The molecule has 1 aliphatic carbocycles. The van der Waals surface area contributed by atoms with E-state index in [1.165, 1.54) is 52.3 Å². The molecule has 0 aromatic rings. The largest absolute Gasteiger partial charge is 0.468 e. The smallest absolute Gasteiger partial charge is 0.326 e. The summed E-state index contributed by atoms with van der Waals surface area (Å²) in [5, 5.41) is 3.22. The van der Waals surface area contributed by atoms with E-state index >= 15 is 0 Å². The highest BCUT2D eigenvalue weighted by Gasteiger charge is 2.46. The Morgan fingerprint density at radius 1 is 1.21 bits per heavy atom. The number of hydrogen-bond donors (Lipinski definition) is 1. The maximum absolute atomic E-state index is 12.0. The average Bonchev–Trinajstić information content (AvgIpc) is 2.83. The van der Waals surface area contributed by atoms with Crippen LogP contribution in [0.25, 0.3) is 0 Å². The van der Waals surface area contributed by atoms with Gasteiger partial charge in [0.1, 0.15) is 5.54 Å². The SMILES string of the molecule is CNC1(C(=O)OC)CCC(N2CCCCCCC2)C1. The monoisotopic (exact) mass is 268 g/mol. The molecule has 2 rings (SSSR count). The molecule has 2 fully saturated rings. The Kier molecular flexibility index (Phi) is 5.22. The lowest BCUT2D eigenvalue weighted by Gasteiger charge is -2.32. The number of likely N-dealkylation sites (N-methyl/N-ethyl adjacent to an activating group) is 1. The Morgan fingerprint density at radius 3 is 2.42 bits per heavy atom. The number of esters is 1. The lowest BCUT2D eigenvalue weighted by Crippen LogP contribution is -2.50.